The molecule has 2 nitrogen and oxygen atoms in total. The Balaban J connectivity index is 2.61. The predicted molar refractivity (Wildman–Crippen MR) is 87.7 cm³/mol. The molecule has 0 saturated heterocycles. The monoisotopic (exact) mass is 287 g/mol. The van der Waals surface area contributed by atoms with Crippen molar-refractivity contribution in [2.24, 2.45) is 0 Å². The highest BCUT2D eigenvalue weighted by atomic mass is 35.5. The van der Waals surface area contributed by atoms with Crippen molar-refractivity contribution in [3.05, 3.63) is 53.1 Å². The lowest BCUT2D eigenvalue weighted by atomic mass is 9.99. The third kappa shape index (κ3) is 2.81. The topological polar surface area (TPSA) is 21.3 Å². The molecule has 0 bridgehead atoms. The van der Waals surface area contributed by atoms with Gasteiger partial charge < -0.3 is 10.1 Å². The first-order valence-electron chi connectivity index (χ1n) is 6.48. The van der Waals surface area contributed by atoms with Gasteiger partial charge in [-0.05, 0) is 36.2 Å². The quantitative estimate of drug-likeness (QED) is 0.845. The molecule has 0 aliphatic carbocycles. The fourth-order valence-electron chi connectivity index (χ4n) is 2.22. The molecule has 0 fully saturated rings. The van der Waals surface area contributed by atoms with Crippen LogP contribution in [-0.2, 0) is 0 Å². The van der Waals surface area contributed by atoms with E-state index in [1.165, 1.54) is 0 Å². The zero-order valence-corrected chi connectivity index (χ0v) is 12.7. The van der Waals surface area contributed by atoms with Crippen molar-refractivity contribution >= 4 is 23.4 Å². The number of halogens is 1. The number of benzene rings is 2. The second-order valence-electron chi connectivity index (χ2n) is 4.37. The third-order valence-electron chi connectivity index (χ3n) is 3.16. The van der Waals surface area contributed by atoms with Gasteiger partial charge in [-0.15, -0.1) is 0 Å². The van der Waals surface area contributed by atoms with E-state index >= 15 is 0 Å². The maximum absolute atomic E-state index is 6.39. The fourth-order valence-corrected chi connectivity index (χ4v) is 2.49. The van der Waals surface area contributed by atoms with Crippen molar-refractivity contribution < 1.29 is 4.74 Å². The molecule has 3 heteroatoms. The van der Waals surface area contributed by atoms with Crippen LogP contribution in [0.15, 0.2) is 42.5 Å². The Hall–Kier alpha value is -1.93. The highest BCUT2D eigenvalue weighted by molar-refractivity contribution is 6.34. The average molecular weight is 288 g/mol. The first-order valence-corrected chi connectivity index (χ1v) is 6.86. The lowest BCUT2D eigenvalue weighted by molar-refractivity contribution is 0.415. The lowest BCUT2D eigenvalue weighted by Crippen LogP contribution is -1.96. The van der Waals surface area contributed by atoms with Gasteiger partial charge in [-0.1, -0.05) is 42.0 Å². The van der Waals surface area contributed by atoms with E-state index in [4.69, 9.17) is 16.3 Å². The molecule has 2 aromatic carbocycles. The Kier molecular flexibility index (Phi) is 4.70. The van der Waals surface area contributed by atoms with Crippen LogP contribution in [0.4, 0.5) is 5.69 Å². The standard InChI is InChI=1S/C17H18ClNO/c1-4-5-13-8-11-15(18)16(17(13)19-2)12-6-9-14(20-3)10-7-12/h4-11,19H,1-3H3/b5-4+. The number of rotatable bonds is 4. The Morgan fingerprint density at radius 2 is 1.80 bits per heavy atom. The molecule has 104 valence electrons. The van der Waals surface area contributed by atoms with Gasteiger partial charge in [0.25, 0.3) is 0 Å². The summed E-state index contributed by atoms with van der Waals surface area (Å²) >= 11 is 6.39. The van der Waals surface area contributed by atoms with Crippen LogP contribution in [0.3, 0.4) is 0 Å². The largest absolute Gasteiger partial charge is 0.497 e. The minimum atomic E-state index is 0.729. The molecular weight excluding hydrogens is 270 g/mol. The Labute approximate surface area is 125 Å². The summed E-state index contributed by atoms with van der Waals surface area (Å²) in [4.78, 5) is 0. The molecule has 1 N–H and O–H groups in total. The molecule has 0 unspecified atom stereocenters. The molecule has 0 atom stereocenters. The minimum absolute atomic E-state index is 0.729. The summed E-state index contributed by atoms with van der Waals surface area (Å²) in [6, 6.07) is 11.8. The summed E-state index contributed by atoms with van der Waals surface area (Å²) in [5.41, 5.74) is 4.21. The van der Waals surface area contributed by atoms with Crippen LogP contribution in [-0.4, -0.2) is 14.2 Å². The maximum Gasteiger partial charge on any atom is 0.118 e. The Bertz CT molecular complexity index is 618. The fraction of sp³-hybridized carbons (Fsp3) is 0.176. The number of hydrogen-bond acceptors (Lipinski definition) is 2. The SMILES string of the molecule is C/C=C/c1ccc(Cl)c(-c2ccc(OC)cc2)c1NC. The van der Waals surface area contributed by atoms with Gasteiger partial charge in [0.05, 0.1) is 17.8 Å². The van der Waals surface area contributed by atoms with Crippen molar-refractivity contribution in [1.82, 2.24) is 0 Å². The van der Waals surface area contributed by atoms with E-state index in [0.717, 1.165) is 33.1 Å². The summed E-state index contributed by atoms with van der Waals surface area (Å²) in [5, 5.41) is 3.98. The molecule has 0 heterocycles. The van der Waals surface area contributed by atoms with Crippen molar-refractivity contribution in [1.29, 1.82) is 0 Å². The van der Waals surface area contributed by atoms with E-state index in [0.29, 0.717) is 0 Å². The minimum Gasteiger partial charge on any atom is -0.497 e. The van der Waals surface area contributed by atoms with Gasteiger partial charge in [0.2, 0.25) is 0 Å². The number of ether oxygens (including phenoxy) is 1. The second-order valence-corrected chi connectivity index (χ2v) is 4.77. The first-order chi connectivity index (χ1) is 9.71. The van der Waals surface area contributed by atoms with Gasteiger partial charge in [-0.2, -0.15) is 0 Å². The summed E-state index contributed by atoms with van der Waals surface area (Å²) in [6.45, 7) is 2.00. The Morgan fingerprint density at radius 1 is 1.10 bits per heavy atom. The van der Waals surface area contributed by atoms with Crippen LogP contribution in [0.1, 0.15) is 12.5 Å². The summed E-state index contributed by atoms with van der Waals surface area (Å²) in [5.74, 6) is 0.834. The van der Waals surface area contributed by atoms with Gasteiger partial charge in [-0.3, -0.25) is 0 Å². The van der Waals surface area contributed by atoms with Gasteiger partial charge >= 0.3 is 0 Å². The normalized spacial score (nSPS) is 10.8. The van der Waals surface area contributed by atoms with E-state index in [9.17, 15) is 0 Å². The van der Waals surface area contributed by atoms with Crippen LogP contribution in [0.5, 0.6) is 5.75 Å². The molecule has 0 aromatic heterocycles. The molecule has 0 radical (unpaired) electrons. The van der Waals surface area contributed by atoms with Crippen LogP contribution in [0.2, 0.25) is 5.02 Å². The summed E-state index contributed by atoms with van der Waals surface area (Å²) in [7, 11) is 3.57. The third-order valence-corrected chi connectivity index (χ3v) is 3.48. The maximum atomic E-state index is 6.39. The first kappa shape index (κ1) is 14.5. The zero-order chi connectivity index (χ0) is 14.5. The average Bonchev–Trinajstić information content (AvgIpc) is 2.49. The number of allylic oxidation sites excluding steroid dienone is 1. The molecule has 0 amide bonds. The second kappa shape index (κ2) is 6.49. The number of hydrogen-bond donors (Lipinski definition) is 1. The van der Waals surface area contributed by atoms with Crippen LogP contribution >= 0.6 is 11.6 Å². The summed E-state index contributed by atoms with van der Waals surface area (Å²) in [6.07, 6.45) is 4.08. The van der Waals surface area contributed by atoms with Crippen LogP contribution in [0.25, 0.3) is 17.2 Å². The zero-order valence-electron chi connectivity index (χ0n) is 11.9. The molecule has 0 saturated carbocycles. The van der Waals surface area contributed by atoms with E-state index in [1.54, 1.807) is 7.11 Å². The highest BCUT2D eigenvalue weighted by Gasteiger charge is 2.12. The van der Waals surface area contributed by atoms with Gasteiger partial charge in [-0.25, -0.2) is 0 Å². The lowest BCUT2D eigenvalue weighted by Gasteiger charge is -2.15. The Morgan fingerprint density at radius 3 is 2.35 bits per heavy atom. The molecule has 20 heavy (non-hydrogen) atoms. The van der Waals surface area contributed by atoms with Crippen molar-refractivity contribution in [3.8, 4) is 16.9 Å². The van der Waals surface area contributed by atoms with E-state index < -0.39 is 0 Å². The smallest absolute Gasteiger partial charge is 0.118 e. The predicted octanol–water partition coefficient (Wildman–Crippen LogP) is 5.09. The van der Waals surface area contributed by atoms with E-state index in [1.807, 2.05) is 56.4 Å². The summed E-state index contributed by atoms with van der Waals surface area (Å²) < 4.78 is 5.19. The van der Waals surface area contributed by atoms with E-state index in [2.05, 4.69) is 11.4 Å². The molecule has 0 aliphatic rings. The number of methoxy groups -OCH3 is 1. The molecule has 2 rings (SSSR count). The van der Waals surface area contributed by atoms with Gasteiger partial charge in [0, 0.05) is 12.6 Å². The van der Waals surface area contributed by atoms with Crippen molar-refractivity contribution in [2.45, 2.75) is 6.92 Å². The number of anilines is 1. The van der Waals surface area contributed by atoms with Gasteiger partial charge in [0.15, 0.2) is 0 Å². The molecule has 0 spiro atoms. The highest BCUT2D eigenvalue weighted by Crippen LogP contribution is 2.38. The van der Waals surface area contributed by atoms with Gasteiger partial charge in [0.1, 0.15) is 5.75 Å². The van der Waals surface area contributed by atoms with Crippen molar-refractivity contribution in [3.63, 3.8) is 0 Å². The van der Waals surface area contributed by atoms with Crippen LogP contribution < -0.4 is 10.1 Å². The molecular formula is C17H18ClNO. The van der Waals surface area contributed by atoms with Crippen LogP contribution in [0, 0.1) is 0 Å². The van der Waals surface area contributed by atoms with E-state index in [-0.39, 0.29) is 0 Å². The number of nitrogens with one attached hydrogen (secondary N) is 1. The van der Waals surface area contributed by atoms with Crippen molar-refractivity contribution in [2.75, 3.05) is 19.5 Å². The molecule has 2 aromatic rings. The molecule has 0 aliphatic heterocycles.